The first-order valence-corrected chi connectivity index (χ1v) is 6.41. The van der Waals surface area contributed by atoms with Crippen LogP contribution >= 0.6 is 0 Å². The first-order chi connectivity index (χ1) is 9.50. The number of aliphatic hydroxyl groups excluding tert-OH is 1. The molecule has 1 aromatic rings. The number of imide groups is 1. The van der Waals surface area contributed by atoms with Gasteiger partial charge in [-0.05, 0) is 25.0 Å². The molecule has 1 heterocycles. The van der Waals surface area contributed by atoms with E-state index in [1.807, 2.05) is 30.3 Å². The van der Waals surface area contributed by atoms with Gasteiger partial charge in [0.05, 0.1) is 12.6 Å². The highest BCUT2D eigenvalue weighted by atomic mass is 16.6. The molecule has 1 unspecified atom stereocenters. The molecule has 106 valence electrons. The molecule has 0 fully saturated rings. The second-order valence-electron chi connectivity index (χ2n) is 4.80. The van der Waals surface area contributed by atoms with Gasteiger partial charge in [0.1, 0.15) is 6.61 Å². The Morgan fingerprint density at radius 3 is 2.60 bits per heavy atom. The summed E-state index contributed by atoms with van der Waals surface area (Å²) in [4.78, 5) is 24.9. The number of benzene rings is 1. The fourth-order valence-corrected chi connectivity index (χ4v) is 2.20. The second-order valence-corrected chi connectivity index (χ2v) is 4.80. The average Bonchev–Trinajstić information content (AvgIpc) is 2.72. The Balaban J connectivity index is 1.97. The molecule has 5 nitrogen and oxygen atoms in total. The van der Waals surface area contributed by atoms with Crippen LogP contribution in [0.5, 0.6) is 0 Å². The highest BCUT2D eigenvalue weighted by Crippen LogP contribution is 2.22. The van der Waals surface area contributed by atoms with Crippen molar-refractivity contribution >= 4 is 12.0 Å². The van der Waals surface area contributed by atoms with Crippen molar-refractivity contribution in [1.82, 2.24) is 4.90 Å². The van der Waals surface area contributed by atoms with Gasteiger partial charge in [-0.1, -0.05) is 30.3 Å². The zero-order chi connectivity index (χ0) is 14.7. The van der Waals surface area contributed by atoms with Gasteiger partial charge in [-0.3, -0.25) is 4.79 Å². The van der Waals surface area contributed by atoms with Crippen LogP contribution < -0.4 is 0 Å². The van der Waals surface area contributed by atoms with Crippen LogP contribution in [0.25, 0.3) is 0 Å². The van der Waals surface area contributed by atoms with Crippen molar-refractivity contribution in [3.05, 3.63) is 47.0 Å². The predicted octanol–water partition coefficient (Wildman–Crippen LogP) is 1.86. The monoisotopic (exact) mass is 275 g/mol. The lowest BCUT2D eigenvalue weighted by atomic mass is 10.1. The van der Waals surface area contributed by atoms with E-state index in [0.29, 0.717) is 5.57 Å². The van der Waals surface area contributed by atoms with Crippen LogP contribution in [0.4, 0.5) is 4.79 Å². The first-order valence-electron chi connectivity index (χ1n) is 6.41. The molecule has 0 aromatic heterocycles. The van der Waals surface area contributed by atoms with Gasteiger partial charge in [0.25, 0.3) is 5.91 Å². The zero-order valence-electron chi connectivity index (χ0n) is 11.5. The molecule has 0 spiro atoms. The topological polar surface area (TPSA) is 66.8 Å². The fraction of sp³-hybridized carbons (Fsp3) is 0.333. The molecule has 0 saturated heterocycles. The van der Waals surface area contributed by atoms with E-state index < -0.39 is 18.1 Å². The van der Waals surface area contributed by atoms with E-state index in [4.69, 9.17) is 4.74 Å². The van der Waals surface area contributed by atoms with Crippen LogP contribution in [0, 0.1) is 0 Å². The molecule has 0 aliphatic carbocycles. The summed E-state index contributed by atoms with van der Waals surface area (Å²) in [7, 11) is 0. The first kappa shape index (κ1) is 14.3. The Morgan fingerprint density at radius 1 is 1.40 bits per heavy atom. The van der Waals surface area contributed by atoms with Gasteiger partial charge in [0, 0.05) is 5.57 Å². The molecule has 1 atom stereocenters. The molecule has 0 radical (unpaired) electrons. The number of ether oxygens (including phenoxy) is 1. The standard InChI is InChI=1S/C15H17NO4/c1-10-8-16(14(18)13(10)11(2)17)15(19)20-9-12-6-4-3-5-7-12/h3-7,11,17H,8-9H2,1-2H3. The van der Waals surface area contributed by atoms with E-state index in [0.717, 1.165) is 10.5 Å². The molecule has 1 aliphatic heterocycles. The van der Waals surface area contributed by atoms with Crippen molar-refractivity contribution in [1.29, 1.82) is 0 Å². The molecule has 2 amide bonds. The summed E-state index contributed by atoms with van der Waals surface area (Å²) in [6, 6.07) is 9.24. The van der Waals surface area contributed by atoms with Crippen molar-refractivity contribution in [2.45, 2.75) is 26.6 Å². The lowest BCUT2D eigenvalue weighted by Crippen LogP contribution is -2.35. The number of hydrogen-bond donors (Lipinski definition) is 1. The van der Waals surface area contributed by atoms with Crippen LogP contribution in [0.15, 0.2) is 41.5 Å². The number of nitrogens with zero attached hydrogens (tertiary/aromatic N) is 1. The summed E-state index contributed by atoms with van der Waals surface area (Å²) < 4.78 is 5.12. The van der Waals surface area contributed by atoms with Crippen molar-refractivity contribution in [2.75, 3.05) is 6.54 Å². The highest BCUT2D eigenvalue weighted by molar-refractivity contribution is 6.06. The Bertz CT molecular complexity index is 548. The van der Waals surface area contributed by atoms with E-state index in [9.17, 15) is 14.7 Å². The van der Waals surface area contributed by atoms with Gasteiger partial charge in [0.2, 0.25) is 0 Å². The van der Waals surface area contributed by atoms with Crippen molar-refractivity contribution in [3.8, 4) is 0 Å². The molecule has 0 saturated carbocycles. The number of carbonyl (C=O) groups is 2. The summed E-state index contributed by atoms with van der Waals surface area (Å²) in [6.07, 6.45) is -1.57. The molecule has 1 aliphatic rings. The van der Waals surface area contributed by atoms with Crippen LogP contribution in [-0.2, 0) is 16.1 Å². The SMILES string of the molecule is CC1=C(C(C)O)C(=O)N(C(=O)OCc2ccccc2)C1. The summed E-state index contributed by atoms with van der Waals surface area (Å²) >= 11 is 0. The van der Waals surface area contributed by atoms with Gasteiger partial charge >= 0.3 is 6.09 Å². The van der Waals surface area contributed by atoms with Crippen LogP contribution in [-0.4, -0.2) is 34.7 Å². The van der Waals surface area contributed by atoms with Gasteiger partial charge in [0.15, 0.2) is 0 Å². The van der Waals surface area contributed by atoms with E-state index >= 15 is 0 Å². The number of carbonyl (C=O) groups excluding carboxylic acids is 2. The molecule has 0 bridgehead atoms. The molecule has 1 N–H and O–H groups in total. The van der Waals surface area contributed by atoms with E-state index in [-0.39, 0.29) is 18.7 Å². The molecule has 1 aromatic carbocycles. The maximum absolute atomic E-state index is 12.0. The average molecular weight is 275 g/mol. The number of hydrogen-bond acceptors (Lipinski definition) is 4. The van der Waals surface area contributed by atoms with Crippen LogP contribution in [0.2, 0.25) is 0 Å². The van der Waals surface area contributed by atoms with Gasteiger partial charge < -0.3 is 9.84 Å². The summed E-state index contributed by atoms with van der Waals surface area (Å²) in [6.45, 7) is 3.53. The Hall–Kier alpha value is -2.14. The number of amides is 2. The quantitative estimate of drug-likeness (QED) is 0.914. The third kappa shape index (κ3) is 2.88. The van der Waals surface area contributed by atoms with E-state index in [2.05, 4.69) is 0 Å². The summed E-state index contributed by atoms with van der Waals surface area (Å²) in [5.74, 6) is -0.476. The normalized spacial score (nSPS) is 16.6. The highest BCUT2D eigenvalue weighted by Gasteiger charge is 2.35. The van der Waals surface area contributed by atoms with E-state index in [1.54, 1.807) is 6.92 Å². The molecular formula is C15H17NO4. The predicted molar refractivity (Wildman–Crippen MR) is 72.7 cm³/mol. The van der Waals surface area contributed by atoms with E-state index in [1.165, 1.54) is 6.92 Å². The summed E-state index contributed by atoms with van der Waals surface area (Å²) in [5, 5.41) is 9.54. The minimum atomic E-state index is -0.880. The maximum atomic E-state index is 12.0. The van der Waals surface area contributed by atoms with Crippen LogP contribution in [0.3, 0.4) is 0 Å². The Labute approximate surface area is 117 Å². The second kappa shape index (κ2) is 5.88. The fourth-order valence-electron chi connectivity index (χ4n) is 2.20. The third-order valence-corrected chi connectivity index (χ3v) is 3.17. The van der Waals surface area contributed by atoms with Crippen molar-refractivity contribution < 1.29 is 19.4 Å². The smallest absolute Gasteiger partial charge is 0.417 e. The Morgan fingerprint density at radius 2 is 2.05 bits per heavy atom. The van der Waals surface area contributed by atoms with Crippen LogP contribution in [0.1, 0.15) is 19.4 Å². The van der Waals surface area contributed by atoms with Gasteiger partial charge in [-0.2, -0.15) is 0 Å². The molecule has 5 heteroatoms. The van der Waals surface area contributed by atoms with Gasteiger partial charge in [-0.15, -0.1) is 0 Å². The molecular weight excluding hydrogens is 258 g/mol. The minimum Gasteiger partial charge on any atom is -0.444 e. The summed E-state index contributed by atoms with van der Waals surface area (Å²) in [5.41, 5.74) is 1.83. The van der Waals surface area contributed by atoms with Crippen molar-refractivity contribution in [3.63, 3.8) is 0 Å². The lowest BCUT2D eigenvalue weighted by Gasteiger charge is -2.15. The zero-order valence-corrected chi connectivity index (χ0v) is 11.5. The molecule has 2 rings (SSSR count). The number of aliphatic hydroxyl groups is 1. The largest absolute Gasteiger partial charge is 0.444 e. The maximum Gasteiger partial charge on any atom is 0.417 e. The lowest BCUT2D eigenvalue weighted by molar-refractivity contribution is -0.124. The minimum absolute atomic E-state index is 0.118. The van der Waals surface area contributed by atoms with Crippen molar-refractivity contribution in [2.24, 2.45) is 0 Å². The van der Waals surface area contributed by atoms with Gasteiger partial charge in [-0.25, -0.2) is 9.69 Å². The Kier molecular flexibility index (Phi) is 4.20. The third-order valence-electron chi connectivity index (χ3n) is 3.17. The number of rotatable bonds is 3. The molecule has 20 heavy (non-hydrogen) atoms.